The quantitative estimate of drug-likeness (QED) is 0.559. The van der Waals surface area contributed by atoms with Gasteiger partial charge in [0.15, 0.2) is 0 Å². The number of aromatic nitrogens is 3. The van der Waals surface area contributed by atoms with E-state index in [2.05, 4.69) is 15.1 Å². The lowest BCUT2D eigenvalue weighted by Crippen LogP contribution is -1.91. The predicted molar refractivity (Wildman–Crippen MR) is 34.0 cm³/mol. The van der Waals surface area contributed by atoms with Crippen LogP contribution in [0.1, 0.15) is 0 Å². The molecular weight excluding hydrogens is 132 g/mol. The molecule has 5 heteroatoms. The van der Waals surface area contributed by atoms with E-state index in [1.54, 1.807) is 0 Å². The zero-order chi connectivity index (χ0) is 6.97. The molecule has 0 spiro atoms. The maximum absolute atomic E-state index is 5.29. The van der Waals surface area contributed by atoms with Crippen molar-refractivity contribution >= 4 is 17.0 Å². The van der Waals surface area contributed by atoms with Crippen LogP contribution in [0.25, 0.3) is 11.1 Å². The Bertz CT molecular complexity index is 355. The molecule has 5 nitrogen and oxygen atoms in total. The zero-order valence-corrected chi connectivity index (χ0v) is 4.98. The van der Waals surface area contributed by atoms with E-state index in [-0.39, 0.29) is 5.95 Å². The molecule has 0 saturated carbocycles. The van der Waals surface area contributed by atoms with Gasteiger partial charge in [-0.1, -0.05) is 5.16 Å². The Morgan fingerprint density at radius 2 is 2.30 bits per heavy atom. The van der Waals surface area contributed by atoms with Crippen molar-refractivity contribution in [1.82, 2.24) is 15.1 Å². The van der Waals surface area contributed by atoms with Gasteiger partial charge in [-0.15, -0.1) is 0 Å². The first kappa shape index (κ1) is 5.16. The van der Waals surface area contributed by atoms with Gasteiger partial charge in [0, 0.05) is 0 Å². The Morgan fingerprint density at radius 3 is 3.20 bits per heavy atom. The molecule has 10 heavy (non-hydrogen) atoms. The van der Waals surface area contributed by atoms with Crippen LogP contribution in [0.2, 0.25) is 0 Å². The van der Waals surface area contributed by atoms with Crippen molar-refractivity contribution in [3.8, 4) is 0 Å². The van der Waals surface area contributed by atoms with Gasteiger partial charge in [-0.2, -0.15) is 0 Å². The summed E-state index contributed by atoms with van der Waals surface area (Å²) in [7, 11) is 0. The third-order valence-corrected chi connectivity index (χ3v) is 1.13. The highest BCUT2D eigenvalue weighted by molar-refractivity contribution is 5.70. The van der Waals surface area contributed by atoms with Crippen molar-refractivity contribution in [2.45, 2.75) is 0 Å². The standard InChI is InChI=1S/C5H4N4O/c6-5-7-2-4-3(9-5)1-8-10-4/h1-2H,(H2,6,7,9). The molecule has 0 amide bonds. The summed E-state index contributed by atoms with van der Waals surface area (Å²) < 4.78 is 4.74. The van der Waals surface area contributed by atoms with Crippen LogP contribution in [0.4, 0.5) is 5.95 Å². The second-order valence-corrected chi connectivity index (χ2v) is 1.80. The van der Waals surface area contributed by atoms with E-state index < -0.39 is 0 Å². The van der Waals surface area contributed by atoms with Gasteiger partial charge in [-0.3, -0.25) is 0 Å². The van der Waals surface area contributed by atoms with Crippen molar-refractivity contribution in [3.63, 3.8) is 0 Å². The van der Waals surface area contributed by atoms with E-state index in [4.69, 9.17) is 10.3 Å². The summed E-state index contributed by atoms with van der Waals surface area (Å²) in [5.74, 6) is 0.232. The van der Waals surface area contributed by atoms with Gasteiger partial charge >= 0.3 is 0 Å². The first-order valence-corrected chi connectivity index (χ1v) is 2.69. The molecule has 0 atom stereocenters. The minimum atomic E-state index is 0.232. The summed E-state index contributed by atoms with van der Waals surface area (Å²) in [4.78, 5) is 7.56. The molecule has 0 bridgehead atoms. The van der Waals surface area contributed by atoms with Crippen molar-refractivity contribution in [1.29, 1.82) is 0 Å². The molecule has 0 aliphatic carbocycles. The molecule has 2 aromatic rings. The predicted octanol–water partition coefficient (Wildman–Crippen LogP) is 0.200. The van der Waals surface area contributed by atoms with Gasteiger partial charge in [-0.05, 0) is 0 Å². The first-order chi connectivity index (χ1) is 4.86. The smallest absolute Gasteiger partial charge is 0.220 e. The first-order valence-electron chi connectivity index (χ1n) is 2.69. The van der Waals surface area contributed by atoms with Gasteiger partial charge in [0.05, 0.1) is 12.4 Å². The molecule has 0 aromatic carbocycles. The number of nitrogen functional groups attached to an aromatic ring is 1. The summed E-state index contributed by atoms with van der Waals surface area (Å²) >= 11 is 0. The maximum atomic E-state index is 5.29. The lowest BCUT2D eigenvalue weighted by Gasteiger charge is -1.86. The molecule has 2 N–H and O–H groups in total. The third-order valence-electron chi connectivity index (χ3n) is 1.13. The van der Waals surface area contributed by atoms with Gasteiger partial charge in [0.25, 0.3) is 0 Å². The van der Waals surface area contributed by atoms with E-state index >= 15 is 0 Å². The minimum Gasteiger partial charge on any atom is -0.368 e. The molecule has 2 aromatic heterocycles. The second-order valence-electron chi connectivity index (χ2n) is 1.80. The van der Waals surface area contributed by atoms with Crippen molar-refractivity contribution in [2.24, 2.45) is 0 Å². The molecule has 0 fully saturated rings. The number of fused-ring (bicyclic) bond motifs is 1. The third kappa shape index (κ3) is 0.604. The number of rotatable bonds is 0. The summed E-state index contributed by atoms with van der Waals surface area (Å²) in [5, 5.41) is 3.51. The Labute approximate surface area is 55.9 Å². The molecule has 0 unspecified atom stereocenters. The summed E-state index contributed by atoms with van der Waals surface area (Å²) in [6.07, 6.45) is 2.98. The van der Waals surface area contributed by atoms with Crippen LogP contribution in [0.3, 0.4) is 0 Å². The Balaban J connectivity index is 2.86. The van der Waals surface area contributed by atoms with E-state index in [1.807, 2.05) is 0 Å². The number of nitrogens with two attached hydrogens (primary N) is 1. The second kappa shape index (κ2) is 1.66. The van der Waals surface area contributed by atoms with Crippen molar-refractivity contribution in [2.75, 3.05) is 5.73 Å². The molecule has 50 valence electrons. The van der Waals surface area contributed by atoms with Crippen LogP contribution >= 0.6 is 0 Å². The monoisotopic (exact) mass is 136 g/mol. The minimum absolute atomic E-state index is 0.232. The molecule has 0 radical (unpaired) electrons. The SMILES string of the molecule is Nc1ncc2oncc2n1. The number of hydrogen-bond donors (Lipinski definition) is 1. The van der Waals surface area contributed by atoms with E-state index in [0.29, 0.717) is 11.1 Å². The fourth-order valence-corrected chi connectivity index (χ4v) is 0.694. The van der Waals surface area contributed by atoms with E-state index in [1.165, 1.54) is 12.4 Å². The number of anilines is 1. The van der Waals surface area contributed by atoms with Crippen LogP contribution in [0.5, 0.6) is 0 Å². The van der Waals surface area contributed by atoms with Crippen LogP contribution in [0.15, 0.2) is 16.9 Å². The van der Waals surface area contributed by atoms with Crippen LogP contribution in [-0.4, -0.2) is 15.1 Å². The lowest BCUT2D eigenvalue weighted by atomic mass is 10.5. The Kier molecular flexibility index (Phi) is 0.858. The molecular formula is C5H4N4O. The number of hydrogen-bond acceptors (Lipinski definition) is 5. The molecule has 0 aliphatic heterocycles. The molecule has 0 aliphatic rings. The van der Waals surface area contributed by atoms with Gasteiger partial charge in [-0.25, -0.2) is 9.97 Å². The van der Waals surface area contributed by atoms with Gasteiger partial charge in [0.1, 0.15) is 5.52 Å². The fraction of sp³-hybridized carbons (Fsp3) is 0. The highest BCUT2D eigenvalue weighted by Crippen LogP contribution is 2.08. The van der Waals surface area contributed by atoms with Crippen LogP contribution in [-0.2, 0) is 0 Å². The van der Waals surface area contributed by atoms with E-state index in [0.717, 1.165) is 0 Å². The fourth-order valence-electron chi connectivity index (χ4n) is 0.694. The highest BCUT2D eigenvalue weighted by Gasteiger charge is 1.98. The van der Waals surface area contributed by atoms with Crippen molar-refractivity contribution in [3.05, 3.63) is 12.4 Å². The van der Waals surface area contributed by atoms with Crippen molar-refractivity contribution < 1.29 is 4.52 Å². The molecule has 2 rings (SSSR count). The summed E-state index contributed by atoms with van der Waals surface area (Å²) in [6, 6.07) is 0. The highest BCUT2D eigenvalue weighted by atomic mass is 16.5. The average Bonchev–Trinajstić information content (AvgIpc) is 2.33. The van der Waals surface area contributed by atoms with E-state index in [9.17, 15) is 0 Å². The lowest BCUT2D eigenvalue weighted by molar-refractivity contribution is 0.455. The normalized spacial score (nSPS) is 10.4. The van der Waals surface area contributed by atoms with Gasteiger partial charge in [0.2, 0.25) is 11.5 Å². The molecule has 2 heterocycles. The number of nitrogens with zero attached hydrogens (tertiary/aromatic N) is 3. The van der Waals surface area contributed by atoms with Gasteiger partial charge < -0.3 is 10.3 Å². The largest absolute Gasteiger partial charge is 0.368 e. The maximum Gasteiger partial charge on any atom is 0.220 e. The topological polar surface area (TPSA) is 77.8 Å². The zero-order valence-electron chi connectivity index (χ0n) is 4.98. The summed E-state index contributed by atoms with van der Waals surface area (Å²) in [6.45, 7) is 0. The summed E-state index contributed by atoms with van der Waals surface area (Å²) in [5.41, 5.74) is 6.47. The average molecular weight is 136 g/mol. The molecule has 0 saturated heterocycles. The van der Waals surface area contributed by atoms with Crippen LogP contribution < -0.4 is 5.73 Å². The Morgan fingerprint density at radius 1 is 1.40 bits per heavy atom. The Hall–Kier alpha value is -1.65. The van der Waals surface area contributed by atoms with Crippen LogP contribution in [0, 0.1) is 0 Å².